The van der Waals surface area contributed by atoms with Gasteiger partial charge in [0.25, 0.3) is 0 Å². The molecule has 0 bridgehead atoms. The SMILES string of the molecule is CCc1[nH]nc2c1C(c1ccccc1C)C1=C(CC(C)(C)CC1=O)N2.Cc1[nH]nc2c1C(c1ccccc1)C1=C(CC(C)(C)CC1=O)N2.Cc1ccccc1C1C2=C(CC(C)(C)CC2=O)Nc2n[nH]c(-c3ccccc3)c21.Cc1ccccc1C1C2=C(CC(C)(C)CC2=O)Nc2n[nH]c(C(C)(C)C)c21.Cc1ccccc1C1C2=C(CC(C)(C)CC2=O)Nc2n[nH]c(C(C)C)c21. The van der Waals surface area contributed by atoms with Crippen molar-refractivity contribution in [2.24, 2.45) is 27.1 Å². The number of ketones is 5. The van der Waals surface area contributed by atoms with Crippen molar-refractivity contribution < 1.29 is 24.0 Å². The van der Waals surface area contributed by atoms with Crippen molar-refractivity contribution in [3.05, 3.63) is 315 Å². The van der Waals surface area contributed by atoms with Crippen molar-refractivity contribution in [2.45, 2.75) is 257 Å². The van der Waals surface area contributed by atoms with E-state index in [4.69, 9.17) is 0 Å². The first-order valence-electron chi connectivity index (χ1n) is 46.5. The highest BCUT2D eigenvalue weighted by Crippen LogP contribution is 2.58. The Kier molecular flexibility index (Phi) is 23.4. The van der Waals surface area contributed by atoms with Gasteiger partial charge in [0.15, 0.2) is 58.0 Å². The molecule has 0 fully saturated rings. The molecule has 10 heterocycles. The Bertz CT molecular complexity index is 6520. The second kappa shape index (κ2) is 34.1. The molecule has 20 nitrogen and oxygen atoms in total. The molecule has 0 saturated carbocycles. The van der Waals surface area contributed by atoms with Gasteiger partial charge in [-0.15, -0.1) is 0 Å². The number of H-pyrrole nitrogens is 5. The largest absolute Gasteiger partial charge is 0.342 e. The van der Waals surface area contributed by atoms with Crippen LogP contribution < -0.4 is 26.6 Å². The minimum atomic E-state index is -0.111. The number of Topliss-reactive ketones (excluding diaryl/α,β-unsaturated/α-hetero) is 5. The number of fused-ring (bicyclic) bond motifs is 5. The van der Waals surface area contributed by atoms with Gasteiger partial charge >= 0.3 is 0 Å². The molecule has 0 spiro atoms. The highest BCUT2D eigenvalue weighted by Gasteiger charge is 2.50. The topological polar surface area (TPSA) is 289 Å². The monoisotopic (exact) mass is 1740 g/mol. The van der Waals surface area contributed by atoms with Crippen molar-refractivity contribution >= 4 is 58.0 Å². The number of hydrogen-bond donors (Lipinski definition) is 10. The predicted octanol–water partition coefficient (Wildman–Crippen LogP) is 24.2. The molecule has 0 amide bonds. The van der Waals surface area contributed by atoms with Crippen LogP contribution in [0.2, 0.25) is 0 Å². The third-order valence-electron chi connectivity index (χ3n) is 28.0. The number of anilines is 5. The average Bonchev–Trinajstić information content (AvgIpc) is 1.54. The van der Waals surface area contributed by atoms with E-state index >= 15 is 0 Å². The zero-order chi connectivity index (χ0) is 92.3. The van der Waals surface area contributed by atoms with Crippen LogP contribution >= 0.6 is 0 Å². The van der Waals surface area contributed by atoms with Gasteiger partial charge in [0, 0.05) is 174 Å². The van der Waals surface area contributed by atoms with Crippen molar-refractivity contribution in [3.63, 3.8) is 0 Å². The van der Waals surface area contributed by atoms with E-state index in [1.807, 2.05) is 43.3 Å². The summed E-state index contributed by atoms with van der Waals surface area (Å²) in [5.74, 6) is 5.67. The zero-order valence-corrected chi connectivity index (χ0v) is 79.5. The molecular formula is C110H127N15O5. The first-order chi connectivity index (χ1) is 61.7. The molecule has 10 N–H and O–H groups in total. The molecular weight excluding hydrogens is 1610 g/mol. The number of hydrogen-bond acceptors (Lipinski definition) is 15. The van der Waals surface area contributed by atoms with E-state index in [9.17, 15) is 24.0 Å². The minimum Gasteiger partial charge on any atom is -0.342 e. The summed E-state index contributed by atoms with van der Waals surface area (Å²) in [6.07, 6.45) is 8.18. The van der Waals surface area contributed by atoms with Crippen molar-refractivity contribution in [1.29, 1.82) is 0 Å². The van der Waals surface area contributed by atoms with Crippen molar-refractivity contribution in [2.75, 3.05) is 26.6 Å². The second-order valence-corrected chi connectivity index (χ2v) is 43.1. The van der Waals surface area contributed by atoms with Crippen LogP contribution in [0.15, 0.2) is 214 Å². The van der Waals surface area contributed by atoms with Crippen LogP contribution in [0.1, 0.15) is 311 Å². The quantitative estimate of drug-likeness (QED) is 0.0677. The maximum atomic E-state index is 13.4. The summed E-state index contributed by atoms with van der Waals surface area (Å²) in [7, 11) is 0. The van der Waals surface area contributed by atoms with Crippen LogP contribution in [-0.4, -0.2) is 79.9 Å². The number of aromatic nitrogens is 10. The number of aryl methyl sites for hydroxylation is 6. The molecule has 5 unspecified atom stereocenters. The first-order valence-corrected chi connectivity index (χ1v) is 46.5. The summed E-state index contributed by atoms with van der Waals surface area (Å²) in [6, 6.07) is 54.1. The minimum absolute atomic E-state index is 0.00693. The van der Waals surface area contributed by atoms with Crippen LogP contribution in [0.4, 0.5) is 29.1 Å². The summed E-state index contributed by atoms with van der Waals surface area (Å²) in [5.41, 5.74) is 32.4. The van der Waals surface area contributed by atoms with E-state index in [0.717, 1.165) is 191 Å². The van der Waals surface area contributed by atoms with E-state index in [2.05, 4.69) is 337 Å². The van der Waals surface area contributed by atoms with E-state index in [0.29, 0.717) is 38.0 Å². The number of rotatable bonds is 8. The molecule has 0 saturated heterocycles. The number of carbonyl (C=O) groups excluding carboxylic acids is 5. The molecule has 130 heavy (non-hydrogen) atoms. The highest BCUT2D eigenvalue weighted by molar-refractivity contribution is 6.05. The van der Waals surface area contributed by atoms with Gasteiger partial charge in [0.05, 0.1) is 5.69 Å². The molecule has 20 heteroatoms. The lowest BCUT2D eigenvalue weighted by Crippen LogP contribution is -2.34. The number of carbonyl (C=O) groups is 5. The Balaban J connectivity index is 0.000000114. The number of aromatic amines is 5. The highest BCUT2D eigenvalue weighted by atomic mass is 16.1. The summed E-state index contributed by atoms with van der Waals surface area (Å²) in [5, 5.41) is 56.1. The lowest BCUT2D eigenvalue weighted by molar-refractivity contribution is -0.119. The van der Waals surface area contributed by atoms with Crippen LogP contribution in [0.25, 0.3) is 11.3 Å². The number of nitrogens with zero attached hydrogens (tertiary/aromatic N) is 5. The van der Waals surface area contributed by atoms with Gasteiger partial charge in [0.2, 0.25) is 0 Å². The van der Waals surface area contributed by atoms with Gasteiger partial charge in [-0.3, -0.25) is 49.5 Å². The Morgan fingerprint density at radius 3 is 1.02 bits per heavy atom. The summed E-state index contributed by atoms with van der Waals surface area (Å²) in [6.45, 7) is 45.2. The van der Waals surface area contributed by atoms with Gasteiger partial charge in [-0.25, -0.2) is 0 Å². The summed E-state index contributed by atoms with van der Waals surface area (Å²) in [4.78, 5) is 66.0. The number of allylic oxidation sites excluding steroid dienone is 10. The Morgan fingerprint density at radius 2 is 0.631 bits per heavy atom. The van der Waals surface area contributed by atoms with E-state index in [1.54, 1.807) is 0 Å². The van der Waals surface area contributed by atoms with E-state index in [1.165, 1.54) is 44.5 Å². The fraction of sp³-hybridized carbons (Fsp3) is 0.400. The van der Waals surface area contributed by atoms with E-state index in [-0.39, 0.29) is 91.0 Å². The average molecular weight is 1740 g/mol. The van der Waals surface area contributed by atoms with Gasteiger partial charge < -0.3 is 26.6 Å². The van der Waals surface area contributed by atoms with Gasteiger partial charge in [0.1, 0.15) is 0 Å². The van der Waals surface area contributed by atoms with Crippen molar-refractivity contribution in [1.82, 2.24) is 51.0 Å². The fourth-order valence-electron chi connectivity index (χ4n) is 22.2. The summed E-state index contributed by atoms with van der Waals surface area (Å²) >= 11 is 0. The molecule has 5 aliphatic heterocycles. The maximum Gasteiger partial charge on any atom is 0.162 e. The molecule has 5 aliphatic carbocycles. The Hall–Kier alpha value is -12.6. The van der Waals surface area contributed by atoms with E-state index < -0.39 is 0 Å². The lowest BCUT2D eigenvalue weighted by atomic mass is 9.67. The normalized spacial score (nSPS) is 21.4. The predicted molar refractivity (Wildman–Crippen MR) is 519 cm³/mol. The number of benzene rings is 6. The summed E-state index contributed by atoms with van der Waals surface area (Å²) < 4.78 is 0. The third kappa shape index (κ3) is 17.0. The molecule has 11 aromatic rings. The maximum absolute atomic E-state index is 13.4. The Morgan fingerprint density at radius 1 is 0.331 bits per heavy atom. The van der Waals surface area contributed by atoms with Crippen LogP contribution in [0.5, 0.6) is 0 Å². The van der Waals surface area contributed by atoms with Gasteiger partial charge in [-0.1, -0.05) is 269 Å². The smallest absolute Gasteiger partial charge is 0.162 e. The zero-order valence-electron chi connectivity index (χ0n) is 79.5. The third-order valence-corrected chi connectivity index (χ3v) is 28.0. The molecule has 0 radical (unpaired) electrons. The molecule has 10 aliphatic rings. The lowest BCUT2D eigenvalue weighted by Gasteiger charge is -2.39. The molecule has 6 aromatic carbocycles. The van der Waals surface area contributed by atoms with Crippen LogP contribution in [0.3, 0.4) is 0 Å². The molecule has 5 atom stereocenters. The first kappa shape index (κ1) is 89.4. The molecule has 672 valence electrons. The molecule has 21 rings (SSSR count). The fourth-order valence-corrected chi connectivity index (χ4v) is 22.2. The standard InChI is InChI=1S/C25H25N3O.C23H29N3O.C22H27N3O.C21H25N3O.C19H21N3O/c1-15-9-7-8-12-17(15)20-21-18(13-25(2,3)14-19(21)29)26-24-22(20)23(27-28-24)16-10-5-4-6-11-16;1-13-9-7-8-10-14(13)17-18-15(11-23(5,6)12-16(18)27)24-21-19(17)20(25-26-21)22(2,3)4;1-12(2)20-19-17(14-9-7-6-8-13(14)3)18-15(23-21(19)25-24-20)10-22(4,5)11-16(18)26;1-5-14-19-17(13-9-7-6-8-12(13)2)18-15(22-20(19)24-23-14)10-21(3,4)11-16(18)25;1-11-15-16(12-7-5-4-6-8-12)17-13(20-18(15)22-21-11)9-19(2,3)10-14(17)23/h4-12,20H,13-14H2,1-3H3,(H2,26,27,28);7-10,17H,11-12H2,1-6H3,(H2,24,25,26);6-9,12,17H,10-11H2,1-5H3,(H2,23,24,25);6-9,17H,5,10-11H2,1-4H3,(H2,22,23,24);4-8,16H,9-10H2,1-3H3,(H2,20,21,22). The van der Waals surface area contributed by atoms with Crippen LogP contribution in [-0.2, 0) is 35.8 Å². The second-order valence-electron chi connectivity index (χ2n) is 43.1. The van der Waals surface area contributed by atoms with Gasteiger partial charge in [-0.05, 0) is 162 Å². The Labute approximate surface area is 765 Å². The number of nitrogens with one attached hydrogen (secondary N) is 10. The molecule has 5 aromatic heterocycles. The van der Waals surface area contributed by atoms with Crippen LogP contribution in [0, 0.1) is 61.7 Å². The van der Waals surface area contributed by atoms with Crippen molar-refractivity contribution in [3.8, 4) is 11.3 Å². The van der Waals surface area contributed by atoms with Gasteiger partial charge in [-0.2, -0.15) is 25.5 Å².